The summed E-state index contributed by atoms with van der Waals surface area (Å²) in [6.07, 6.45) is 2.31. The minimum Gasteiger partial charge on any atom is -0.385 e. The number of hydrogen-bond acceptors (Lipinski definition) is 2. The number of benzene rings is 2. The van der Waals surface area contributed by atoms with Gasteiger partial charge in [0.05, 0.1) is 11.2 Å². The van der Waals surface area contributed by atoms with Gasteiger partial charge in [0.15, 0.2) is 0 Å². The van der Waals surface area contributed by atoms with Crippen molar-refractivity contribution in [1.82, 2.24) is 4.90 Å². The van der Waals surface area contributed by atoms with Crippen LogP contribution in [0.25, 0.3) is 0 Å². The molecule has 2 aliphatic heterocycles. The lowest BCUT2D eigenvalue weighted by Gasteiger charge is -2.44. The standard InChI is InChI=1S/C20H20F3NO/c21-14-8-17(22)19(18(23)9-14)20(25)10-15-6-7-16(11-20)24(15)12-13-4-2-1-3-5-13/h1-5,8-9,15-16,25H,6-7,10-12H2. The molecule has 132 valence electrons. The fraction of sp³-hybridized carbons (Fsp3) is 0.400. The van der Waals surface area contributed by atoms with E-state index in [1.54, 1.807) is 0 Å². The zero-order valence-corrected chi connectivity index (χ0v) is 13.8. The maximum absolute atomic E-state index is 14.2. The van der Waals surface area contributed by atoms with E-state index in [1.165, 1.54) is 5.56 Å². The average Bonchev–Trinajstić information content (AvgIpc) is 2.79. The summed E-state index contributed by atoms with van der Waals surface area (Å²) in [5, 5.41) is 11.0. The summed E-state index contributed by atoms with van der Waals surface area (Å²) < 4.78 is 41.6. The molecule has 0 amide bonds. The van der Waals surface area contributed by atoms with Crippen molar-refractivity contribution in [2.45, 2.75) is 49.9 Å². The summed E-state index contributed by atoms with van der Waals surface area (Å²) in [5.41, 5.74) is -0.782. The second-order valence-corrected chi connectivity index (χ2v) is 7.23. The molecule has 0 spiro atoms. The van der Waals surface area contributed by atoms with Crippen molar-refractivity contribution in [3.05, 3.63) is 71.0 Å². The lowest BCUT2D eigenvalue weighted by atomic mass is 9.79. The second kappa shape index (κ2) is 6.15. The molecular weight excluding hydrogens is 327 g/mol. The third kappa shape index (κ3) is 2.96. The van der Waals surface area contributed by atoms with Crippen molar-refractivity contribution in [2.75, 3.05) is 0 Å². The van der Waals surface area contributed by atoms with E-state index in [0.717, 1.165) is 19.4 Å². The molecule has 2 aliphatic rings. The van der Waals surface area contributed by atoms with Crippen LogP contribution in [0.4, 0.5) is 13.2 Å². The minimum atomic E-state index is -1.58. The van der Waals surface area contributed by atoms with Gasteiger partial charge in [-0.15, -0.1) is 0 Å². The highest BCUT2D eigenvalue weighted by Gasteiger charge is 2.50. The molecule has 4 rings (SSSR count). The summed E-state index contributed by atoms with van der Waals surface area (Å²) in [6, 6.07) is 11.5. The van der Waals surface area contributed by atoms with Gasteiger partial charge in [0.25, 0.3) is 0 Å². The summed E-state index contributed by atoms with van der Waals surface area (Å²) in [7, 11) is 0. The van der Waals surface area contributed by atoms with Crippen molar-refractivity contribution in [1.29, 1.82) is 0 Å². The van der Waals surface area contributed by atoms with Crippen LogP contribution in [0.5, 0.6) is 0 Å². The van der Waals surface area contributed by atoms with E-state index < -0.39 is 23.1 Å². The topological polar surface area (TPSA) is 23.5 Å². The first-order valence-electron chi connectivity index (χ1n) is 8.63. The van der Waals surface area contributed by atoms with Gasteiger partial charge < -0.3 is 5.11 Å². The Labute approximate surface area is 144 Å². The van der Waals surface area contributed by atoms with Crippen molar-refractivity contribution in [3.63, 3.8) is 0 Å². The maximum atomic E-state index is 14.2. The van der Waals surface area contributed by atoms with Gasteiger partial charge in [-0.3, -0.25) is 4.90 Å². The smallest absolute Gasteiger partial charge is 0.135 e. The van der Waals surface area contributed by atoms with E-state index >= 15 is 0 Å². The number of hydrogen-bond donors (Lipinski definition) is 1. The van der Waals surface area contributed by atoms with Gasteiger partial charge in [-0.1, -0.05) is 30.3 Å². The van der Waals surface area contributed by atoms with Crippen LogP contribution in [0.15, 0.2) is 42.5 Å². The SMILES string of the molecule is OC1(c2c(F)cc(F)cc2F)CC2CCC(C1)N2Cc1ccccc1. The predicted octanol–water partition coefficient (Wildman–Crippen LogP) is 4.12. The van der Waals surface area contributed by atoms with Crippen LogP contribution < -0.4 is 0 Å². The summed E-state index contributed by atoms with van der Waals surface area (Å²) in [6.45, 7) is 0.765. The van der Waals surface area contributed by atoms with Crippen LogP contribution in [0.2, 0.25) is 0 Å². The first-order valence-corrected chi connectivity index (χ1v) is 8.63. The Kier molecular flexibility index (Phi) is 4.08. The van der Waals surface area contributed by atoms with Gasteiger partial charge >= 0.3 is 0 Å². The van der Waals surface area contributed by atoms with Crippen LogP contribution in [-0.2, 0) is 12.1 Å². The zero-order valence-electron chi connectivity index (χ0n) is 13.8. The molecule has 2 atom stereocenters. The molecule has 5 heteroatoms. The van der Waals surface area contributed by atoms with Crippen molar-refractivity contribution < 1.29 is 18.3 Å². The van der Waals surface area contributed by atoms with E-state index in [2.05, 4.69) is 17.0 Å². The minimum absolute atomic E-state index is 0.0628. The lowest BCUT2D eigenvalue weighted by molar-refractivity contribution is -0.0638. The molecule has 2 bridgehead atoms. The number of piperidine rings is 1. The molecule has 0 aromatic heterocycles. The van der Waals surface area contributed by atoms with Gasteiger partial charge in [0, 0.05) is 30.8 Å². The Hall–Kier alpha value is -1.85. The molecule has 0 aliphatic carbocycles. The maximum Gasteiger partial charge on any atom is 0.135 e. The third-order valence-electron chi connectivity index (χ3n) is 5.60. The Morgan fingerprint density at radius 2 is 1.52 bits per heavy atom. The number of fused-ring (bicyclic) bond motifs is 2. The molecule has 2 aromatic carbocycles. The first-order chi connectivity index (χ1) is 12.0. The number of halogens is 3. The first kappa shape index (κ1) is 16.6. The Morgan fingerprint density at radius 3 is 2.08 bits per heavy atom. The molecule has 2 aromatic rings. The molecule has 25 heavy (non-hydrogen) atoms. The van der Waals surface area contributed by atoms with Crippen LogP contribution in [0.1, 0.15) is 36.8 Å². The van der Waals surface area contributed by atoms with Crippen LogP contribution in [-0.4, -0.2) is 22.1 Å². The number of nitrogens with zero attached hydrogens (tertiary/aromatic N) is 1. The van der Waals surface area contributed by atoms with Gasteiger partial charge in [-0.25, -0.2) is 13.2 Å². The molecule has 2 fully saturated rings. The Morgan fingerprint density at radius 1 is 0.960 bits per heavy atom. The lowest BCUT2D eigenvalue weighted by Crippen LogP contribution is -2.49. The molecule has 0 radical (unpaired) electrons. The number of aliphatic hydroxyl groups is 1. The van der Waals surface area contributed by atoms with Crippen molar-refractivity contribution in [2.24, 2.45) is 0 Å². The van der Waals surface area contributed by atoms with E-state index in [1.807, 2.05) is 18.2 Å². The van der Waals surface area contributed by atoms with Crippen molar-refractivity contribution in [3.8, 4) is 0 Å². The van der Waals surface area contributed by atoms with Gasteiger partial charge in [-0.2, -0.15) is 0 Å². The van der Waals surface area contributed by atoms with E-state index in [-0.39, 0.29) is 30.5 Å². The van der Waals surface area contributed by atoms with Gasteiger partial charge in [-0.05, 0) is 31.2 Å². The van der Waals surface area contributed by atoms with Crippen molar-refractivity contribution >= 4 is 0 Å². The Balaban J connectivity index is 1.61. The summed E-state index contributed by atoms with van der Waals surface area (Å²) >= 11 is 0. The molecule has 2 saturated heterocycles. The highest BCUT2D eigenvalue weighted by atomic mass is 19.1. The zero-order chi connectivity index (χ0) is 17.6. The molecule has 2 unspecified atom stereocenters. The van der Waals surface area contributed by atoms with Crippen LogP contribution >= 0.6 is 0 Å². The highest BCUT2D eigenvalue weighted by Crippen LogP contribution is 2.47. The third-order valence-corrected chi connectivity index (χ3v) is 5.60. The summed E-state index contributed by atoms with van der Waals surface area (Å²) in [4.78, 5) is 2.32. The highest BCUT2D eigenvalue weighted by molar-refractivity contribution is 5.29. The van der Waals surface area contributed by atoms with Crippen LogP contribution in [0, 0.1) is 17.5 Å². The monoisotopic (exact) mass is 347 g/mol. The molecular formula is C20H20F3NO. The van der Waals surface area contributed by atoms with Crippen LogP contribution in [0.3, 0.4) is 0 Å². The Bertz CT molecular complexity index is 743. The fourth-order valence-electron chi connectivity index (χ4n) is 4.56. The van der Waals surface area contributed by atoms with E-state index in [9.17, 15) is 18.3 Å². The largest absolute Gasteiger partial charge is 0.385 e. The number of rotatable bonds is 3. The van der Waals surface area contributed by atoms with Gasteiger partial charge in [0.2, 0.25) is 0 Å². The van der Waals surface area contributed by atoms with E-state index in [4.69, 9.17) is 0 Å². The predicted molar refractivity (Wildman–Crippen MR) is 88.2 cm³/mol. The van der Waals surface area contributed by atoms with E-state index in [0.29, 0.717) is 12.1 Å². The second-order valence-electron chi connectivity index (χ2n) is 7.23. The molecule has 1 N–H and O–H groups in total. The average molecular weight is 347 g/mol. The van der Waals surface area contributed by atoms with Gasteiger partial charge in [0.1, 0.15) is 17.5 Å². The molecule has 0 saturated carbocycles. The summed E-state index contributed by atoms with van der Waals surface area (Å²) in [5.74, 6) is -2.97. The quantitative estimate of drug-likeness (QED) is 0.903. The molecule has 2 nitrogen and oxygen atoms in total. The fourth-order valence-corrected chi connectivity index (χ4v) is 4.56. The normalized spacial score (nSPS) is 29.1. The molecule has 2 heterocycles.